The highest BCUT2D eigenvalue weighted by molar-refractivity contribution is 5.96. The number of hydrogen-bond donors (Lipinski definition) is 1. The number of hydrogen-bond acceptors (Lipinski definition) is 4. The second-order valence-corrected chi connectivity index (χ2v) is 9.16. The van der Waals surface area contributed by atoms with E-state index in [9.17, 15) is 14.3 Å². The summed E-state index contributed by atoms with van der Waals surface area (Å²) in [7, 11) is 0. The summed E-state index contributed by atoms with van der Waals surface area (Å²) in [5.74, 6) is 0.680. The van der Waals surface area contributed by atoms with Gasteiger partial charge in [0.25, 0.3) is 0 Å². The molecule has 3 aromatic carbocycles. The van der Waals surface area contributed by atoms with E-state index < -0.39 is 11.9 Å². The van der Waals surface area contributed by atoms with Gasteiger partial charge < -0.3 is 19.3 Å². The summed E-state index contributed by atoms with van der Waals surface area (Å²) in [4.78, 5) is 19.1. The van der Waals surface area contributed by atoms with E-state index in [2.05, 4.69) is 0 Å². The van der Waals surface area contributed by atoms with Crippen molar-refractivity contribution in [2.45, 2.75) is 38.8 Å². The van der Waals surface area contributed by atoms with Crippen LogP contribution in [-0.2, 0) is 11.3 Å². The van der Waals surface area contributed by atoms with Gasteiger partial charge in [-0.25, -0.2) is 9.37 Å². The number of imidazole rings is 1. The summed E-state index contributed by atoms with van der Waals surface area (Å²) in [6.07, 6.45) is -0.557. The van der Waals surface area contributed by atoms with E-state index in [4.69, 9.17) is 9.72 Å². The third-order valence-electron chi connectivity index (χ3n) is 6.49. The third kappa shape index (κ3) is 4.64. The van der Waals surface area contributed by atoms with Crippen molar-refractivity contribution in [3.05, 3.63) is 89.5 Å². The second-order valence-electron chi connectivity index (χ2n) is 9.16. The van der Waals surface area contributed by atoms with Gasteiger partial charge in [0.15, 0.2) is 0 Å². The zero-order valence-corrected chi connectivity index (χ0v) is 19.8. The maximum absolute atomic E-state index is 14.4. The highest BCUT2D eigenvalue weighted by atomic mass is 19.1. The summed E-state index contributed by atoms with van der Waals surface area (Å²) >= 11 is 0. The number of anilines is 1. The van der Waals surface area contributed by atoms with Crippen molar-refractivity contribution in [2.24, 2.45) is 0 Å². The van der Waals surface area contributed by atoms with Crippen LogP contribution in [0.1, 0.15) is 29.3 Å². The monoisotopic (exact) mass is 473 g/mol. The smallest absolute Gasteiger partial charge is 0.227 e. The Labute approximate surface area is 203 Å². The lowest BCUT2D eigenvalue weighted by molar-refractivity contribution is -0.117. The van der Waals surface area contributed by atoms with Gasteiger partial charge >= 0.3 is 0 Å². The molecule has 0 aliphatic carbocycles. The number of ether oxygens (including phenoxy) is 1. The van der Waals surface area contributed by atoms with E-state index >= 15 is 0 Å². The number of carbonyl (C=O) groups is 1. The fraction of sp³-hybridized carbons (Fsp3) is 0.286. The topological polar surface area (TPSA) is 67.6 Å². The number of aryl methyl sites for hydroxylation is 2. The Bertz CT molecular complexity index is 1380. The molecule has 7 heteroatoms. The van der Waals surface area contributed by atoms with Crippen LogP contribution in [0.25, 0.3) is 11.0 Å². The van der Waals surface area contributed by atoms with Crippen LogP contribution in [0.2, 0.25) is 0 Å². The van der Waals surface area contributed by atoms with Gasteiger partial charge in [-0.3, -0.25) is 4.79 Å². The fourth-order valence-corrected chi connectivity index (χ4v) is 4.69. The first-order chi connectivity index (χ1) is 16.9. The van der Waals surface area contributed by atoms with Crippen molar-refractivity contribution in [1.29, 1.82) is 0 Å². The number of nitrogens with zero attached hydrogens (tertiary/aromatic N) is 3. The summed E-state index contributed by atoms with van der Waals surface area (Å²) in [6, 6.07) is 20.0. The van der Waals surface area contributed by atoms with Gasteiger partial charge in [0, 0.05) is 18.9 Å². The molecular formula is C28H28FN3O3. The van der Waals surface area contributed by atoms with Crippen LogP contribution in [0.4, 0.5) is 10.1 Å². The lowest BCUT2D eigenvalue weighted by atomic mass is 10.1. The minimum absolute atomic E-state index is 0.126. The molecular weight excluding hydrogens is 445 g/mol. The molecule has 1 aromatic heterocycles. The quantitative estimate of drug-likeness (QED) is 0.421. The van der Waals surface area contributed by atoms with E-state index in [0.717, 1.165) is 27.9 Å². The zero-order chi connectivity index (χ0) is 24.5. The molecule has 1 fully saturated rings. The first-order valence-electron chi connectivity index (χ1n) is 11.8. The standard InChI is InChI=1S/C28H28FN3O3/c1-18-11-12-19(2)26(13-18)35-17-21(33)16-32-25-10-6-4-8-23(25)30-28(32)20-14-27(34)31(15-20)24-9-5-3-7-22(24)29/h3-13,20-21,33H,14-17H2,1-2H3/t20-,21-/m0/s1. The van der Waals surface area contributed by atoms with Crippen molar-refractivity contribution in [3.63, 3.8) is 0 Å². The Hall–Kier alpha value is -3.71. The van der Waals surface area contributed by atoms with E-state index in [-0.39, 0.29) is 37.1 Å². The van der Waals surface area contributed by atoms with Crippen molar-refractivity contribution in [1.82, 2.24) is 9.55 Å². The minimum atomic E-state index is -0.786. The molecule has 6 nitrogen and oxygen atoms in total. The number of aromatic nitrogens is 2. The summed E-state index contributed by atoms with van der Waals surface area (Å²) in [5, 5.41) is 10.9. The summed E-state index contributed by atoms with van der Waals surface area (Å²) < 4.78 is 22.3. The number of aliphatic hydroxyl groups excluding tert-OH is 1. The molecule has 2 heterocycles. The van der Waals surface area contributed by atoms with E-state index in [0.29, 0.717) is 12.4 Å². The number of para-hydroxylation sites is 3. The predicted molar refractivity (Wildman–Crippen MR) is 133 cm³/mol. The predicted octanol–water partition coefficient (Wildman–Crippen LogP) is 4.75. The number of rotatable bonds is 7. The van der Waals surface area contributed by atoms with Gasteiger partial charge in [-0.2, -0.15) is 0 Å². The summed E-state index contributed by atoms with van der Waals surface area (Å²) in [6.45, 7) is 4.70. The van der Waals surface area contributed by atoms with Crippen LogP contribution in [0.3, 0.4) is 0 Å². The molecule has 5 rings (SSSR count). The molecule has 0 spiro atoms. The molecule has 1 aliphatic heterocycles. The zero-order valence-electron chi connectivity index (χ0n) is 19.8. The molecule has 35 heavy (non-hydrogen) atoms. The average Bonchev–Trinajstić information content (AvgIpc) is 3.40. The number of aliphatic hydroxyl groups is 1. The Morgan fingerprint density at radius 1 is 1.11 bits per heavy atom. The summed E-state index contributed by atoms with van der Waals surface area (Å²) in [5.41, 5.74) is 4.05. The van der Waals surface area contributed by atoms with Gasteiger partial charge in [-0.1, -0.05) is 36.4 Å². The lowest BCUT2D eigenvalue weighted by Gasteiger charge is -2.19. The number of amides is 1. The Balaban J connectivity index is 1.39. The van der Waals surface area contributed by atoms with Gasteiger partial charge in [-0.15, -0.1) is 0 Å². The van der Waals surface area contributed by atoms with Crippen LogP contribution in [0, 0.1) is 19.7 Å². The van der Waals surface area contributed by atoms with Crippen molar-refractivity contribution in [3.8, 4) is 5.75 Å². The highest BCUT2D eigenvalue weighted by Gasteiger charge is 2.36. The first kappa shape index (κ1) is 23.1. The molecule has 2 atom stereocenters. The molecule has 4 aromatic rings. The molecule has 0 unspecified atom stereocenters. The SMILES string of the molecule is Cc1ccc(C)c(OC[C@@H](O)Cn2c([C@H]3CC(=O)N(c4ccccc4F)C3)nc3ccccc32)c1. The van der Waals surface area contributed by atoms with E-state index in [1.807, 2.05) is 60.9 Å². The Kier molecular flexibility index (Phi) is 6.26. The third-order valence-corrected chi connectivity index (χ3v) is 6.49. The van der Waals surface area contributed by atoms with Gasteiger partial charge in [0.2, 0.25) is 5.91 Å². The van der Waals surface area contributed by atoms with Crippen molar-refractivity contribution in [2.75, 3.05) is 18.1 Å². The van der Waals surface area contributed by atoms with E-state index in [1.54, 1.807) is 18.2 Å². The second kappa shape index (κ2) is 9.50. The number of fused-ring (bicyclic) bond motifs is 1. The van der Waals surface area contributed by atoms with Crippen LogP contribution in [0.15, 0.2) is 66.7 Å². The molecule has 1 N–H and O–H groups in total. The normalized spacial score (nSPS) is 16.7. The van der Waals surface area contributed by atoms with Crippen molar-refractivity contribution < 1.29 is 19.0 Å². The van der Waals surface area contributed by atoms with Gasteiger partial charge in [0.1, 0.15) is 30.1 Å². The van der Waals surface area contributed by atoms with Crippen molar-refractivity contribution >= 4 is 22.6 Å². The molecule has 1 saturated heterocycles. The lowest BCUT2D eigenvalue weighted by Crippen LogP contribution is -2.27. The maximum atomic E-state index is 14.4. The molecule has 0 bridgehead atoms. The van der Waals surface area contributed by atoms with Crippen LogP contribution < -0.4 is 9.64 Å². The van der Waals surface area contributed by atoms with E-state index in [1.165, 1.54) is 11.0 Å². The first-order valence-corrected chi connectivity index (χ1v) is 11.8. The van der Waals surface area contributed by atoms with Crippen LogP contribution in [0.5, 0.6) is 5.75 Å². The molecule has 0 saturated carbocycles. The number of benzene rings is 3. The van der Waals surface area contributed by atoms with Crippen LogP contribution >= 0.6 is 0 Å². The molecule has 0 radical (unpaired) electrons. The molecule has 1 amide bonds. The average molecular weight is 474 g/mol. The Morgan fingerprint density at radius 2 is 1.89 bits per heavy atom. The molecule has 180 valence electrons. The van der Waals surface area contributed by atoms with Gasteiger partial charge in [-0.05, 0) is 55.3 Å². The maximum Gasteiger partial charge on any atom is 0.227 e. The van der Waals surface area contributed by atoms with Gasteiger partial charge in [0.05, 0.1) is 23.3 Å². The fourth-order valence-electron chi connectivity index (χ4n) is 4.69. The van der Waals surface area contributed by atoms with Crippen LogP contribution in [-0.4, -0.2) is 39.8 Å². The number of carbonyl (C=O) groups excluding carboxylic acids is 1. The largest absolute Gasteiger partial charge is 0.491 e. The number of halogens is 1. The highest BCUT2D eigenvalue weighted by Crippen LogP contribution is 2.34. The molecule has 1 aliphatic rings. The minimum Gasteiger partial charge on any atom is -0.491 e. The Morgan fingerprint density at radius 3 is 2.71 bits per heavy atom.